The quantitative estimate of drug-likeness (QED) is 0.483. The van der Waals surface area contributed by atoms with Gasteiger partial charge in [0.05, 0.1) is 32.2 Å². The maximum Gasteiger partial charge on any atom is 0.224 e. The standard InChI is InChI=1S/C17H22N4O4/c1-16(2)24-15-13(9-20-21-18)23-11-17(15,25-16)10-19-14(22)8-12-6-4-3-5-7-12/h3-7,13,15H,8-11H2,1-2H3,(H,19,22)/t13-,15-,17+/m1/s1. The highest BCUT2D eigenvalue weighted by atomic mass is 16.8. The van der Waals surface area contributed by atoms with Crippen molar-refractivity contribution in [3.05, 3.63) is 46.3 Å². The van der Waals surface area contributed by atoms with Gasteiger partial charge < -0.3 is 19.5 Å². The summed E-state index contributed by atoms with van der Waals surface area (Å²) in [6.45, 7) is 4.37. The van der Waals surface area contributed by atoms with E-state index < -0.39 is 17.5 Å². The Balaban J connectivity index is 1.64. The van der Waals surface area contributed by atoms with Gasteiger partial charge in [0.25, 0.3) is 0 Å². The van der Waals surface area contributed by atoms with Crippen LogP contribution in [0.5, 0.6) is 0 Å². The third-order valence-electron chi connectivity index (χ3n) is 4.37. The Kier molecular flexibility index (Phi) is 4.96. The molecule has 25 heavy (non-hydrogen) atoms. The van der Waals surface area contributed by atoms with Crippen molar-refractivity contribution in [2.75, 3.05) is 19.7 Å². The predicted octanol–water partition coefficient (Wildman–Crippen LogP) is 1.94. The molecule has 8 heteroatoms. The van der Waals surface area contributed by atoms with Crippen LogP contribution in [0, 0.1) is 0 Å². The molecule has 2 heterocycles. The van der Waals surface area contributed by atoms with Crippen molar-refractivity contribution in [3.63, 3.8) is 0 Å². The topological polar surface area (TPSA) is 106 Å². The summed E-state index contributed by atoms with van der Waals surface area (Å²) >= 11 is 0. The summed E-state index contributed by atoms with van der Waals surface area (Å²) in [5, 5.41) is 6.50. The van der Waals surface area contributed by atoms with Gasteiger partial charge in [-0.05, 0) is 24.9 Å². The van der Waals surface area contributed by atoms with Crippen molar-refractivity contribution in [3.8, 4) is 0 Å². The third kappa shape index (κ3) is 3.93. The van der Waals surface area contributed by atoms with E-state index in [4.69, 9.17) is 19.7 Å². The average Bonchev–Trinajstić information content (AvgIpc) is 3.03. The second-order valence-corrected chi connectivity index (χ2v) is 6.81. The Bertz CT molecular complexity index is 674. The maximum absolute atomic E-state index is 12.3. The summed E-state index contributed by atoms with van der Waals surface area (Å²) in [4.78, 5) is 15.0. The molecule has 0 radical (unpaired) electrons. The lowest BCUT2D eigenvalue weighted by Crippen LogP contribution is -2.51. The molecule has 0 saturated carbocycles. The number of carbonyl (C=O) groups is 1. The molecule has 8 nitrogen and oxygen atoms in total. The van der Waals surface area contributed by atoms with Crippen LogP contribution in [-0.2, 0) is 25.4 Å². The van der Waals surface area contributed by atoms with E-state index in [9.17, 15) is 4.79 Å². The Morgan fingerprint density at radius 3 is 2.88 bits per heavy atom. The number of amides is 1. The second-order valence-electron chi connectivity index (χ2n) is 6.81. The van der Waals surface area contributed by atoms with Crippen LogP contribution in [0.1, 0.15) is 19.4 Å². The largest absolute Gasteiger partial charge is 0.372 e. The minimum absolute atomic E-state index is 0.0915. The van der Waals surface area contributed by atoms with E-state index in [1.807, 2.05) is 44.2 Å². The summed E-state index contributed by atoms with van der Waals surface area (Å²) in [7, 11) is 0. The SMILES string of the molecule is CC1(C)O[C@@H]2[C@@H](CN=[N+]=[N-])OC[C@]2(CNC(=O)Cc2ccccc2)O1. The number of azide groups is 1. The van der Waals surface area contributed by atoms with Gasteiger partial charge in [-0.3, -0.25) is 4.79 Å². The van der Waals surface area contributed by atoms with E-state index in [0.29, 0.717) is 6.42 Å². The molecule has 0 aromatic heterocycles. The number of hydrogen-bond donors (Lipinski definition) is 1. The predicted molar refractivity (Wildman–Crippen MR) is 89.7 cm³/mol. The number of carbonyl (C=O) groups excluding carboxylic acids is 1. The van der Waals surface area contributed by atoms with Crippen molar-refractivity contribution in [1.82, 2.24) is 5.32 Å². The molecular formula is C17H22N4O4. The minimum Gasteiger partial charge on any atom is -0.372 e. The van der Waals surface area contributed by atoms with Crippen LogP contribution in [0.25, 0.3) is 10.4 Å². The molecule has 1 aromatic rings. The Labute approximate surface area is 146 Å². The first-order valence-electron chi connectivity index (χ1n) is 8.25. The Morgan fingerprint density at radius 1 is 1.40 bits per heavy atom. The molecule has 3 rings (SSSR count). The molecule has 0 aliphatic carbocycles. The highest BCUT2D eigenvalue weighted by Gasteiger charge is 2.60. The molecule has 0 unspecified atom stereocenters. The zero-order chi connectivity index (χ0) is 17.9. The summed E-state index contributed by atoms with van der Waals surface area (Å²) in [6, 6.07) is 9.54. The first kappa shape index (κ1) is 17.7. The van der Waals surface area contributed by atoms with Crippen molar-refractivity contribution in [2.45, 2.75) is 43.9 Å². The van der Waals surface area contributed by atoms with Crippen LogP contribution in [0.15, 0.2) is 35.4 Å². The summed E-state index contributed by atoms with van der Waals surface area (Å²) in [5.41, 5.74) is 8.70. The number of hydrogen-bond acceptors (Lipinski definition) is 5. The summed E-state index contributed by atoms with van der Waals surface area (Å²) in [5.74, 6) is -0.876. The summed E-state index contributed by atoms with van der Waals surface area (Å²) in [6.07, 6.45) is -0.483. The molecule has 1 aromatic carbocycles. The lowest BCUT2D eigenvalue weighted by Gasteiger charge is -2.27. The van der Waals surface area contributed by atoms with Crippen molar-refractivity contribution >= 4 is 5.91 Å². The summed E-state index contributed by atoms with van der Waals surface area (Å²) < 4.78 is 17.7. The van der Waals surface area contributed by atoms with Gasteiger partial charge in [-0.2, -0.15) is 0 Å². The molecule has 0 spiro atoms. The normalized spacial score (nSPS) is 29.7. The van der Waals surface area contributed by atoms with Gasteiger partial charge in [-0.1, -0.05) is 35.4 Å². The average molecular weight is 346 g/mol. The highest BCUT2D eigenvalue weighted by Crippen LogP contribution is 2.43. The van der Waals surface area contributed by atoms with Crippen LogP contribution in [0.4, 0.5) is 0 Å². The van der Waals surface area contributed by atoms with Crippen LogP contribution < -0.4 is 5.32 Å². The van der Waals surface area contributed by atoms with Gasteiger partial charge in [0.1, 0.15) is 11.7 Å². The van der Waals surface area contributed by atoms with E-state index in [1.54, 1.807) is 0 Å². The molecule has 1 amide bonds. The maximum atomic E-state index is 12.3. The first-order chi connectivity index (χ1) is 11.9. The van der Waals surface area contributed by atoms with Gasteiger partial charge in [-0.25, -0.2) is 0 Å². The fourth-order valence-electron chi connectivity index (χ4n) is 3.39. The van der Waals surface area contributed by atoms with E-state index in [0.717, 1.165) is 5.56 Å². The monoisotopic (exact) mass is 346 g/mol. The van der Waals surface area contributed by atoms with E-state index >= 15 is 0 Å². The number of fused-ring (bicyclic) bond motifs is 1. The van der Waals surface area contributed by atoms with Crippen LogP contribution in [0.3, 0.4) is 0 Å². The zero-order valence-electron chi connectivity index (χ0n) is 14.3. The minimum atomic E-state index is -0.785. The van der Waals surface area contributed by atoms with E-state index in [1.165, 1.54) is 0 Å². The van der Waals surface area contributed by atoms with Gasteiger partial charge >= 0.3 is 0 Å². The molecule has 2 saturated heterocycles. The van der Waals surface area contributed by atoms with Gasteiger partial charge in [0, 0.05) is 4.91 Å². The number of ether oxygens (including phenoxy) is 3. The number of nitrogens with zero attached hydrogens (tertiary/aromatic N) is 3. The second kappa shape index (κ2) is 7.01. The lowest BCUT2D eigenvalue weighted by atomic mass is 9.96. The molecular weight excluding hydrogens is 324 g/mol. The molecule has 2 aliphatic heterocycles. The van der Waals surface area contributed by atoms with Gasteiger partial charge in [0.15, 0.2) is 5.79 Å². The van der Waals surface area contributed by atoms with E-state index in [-0.39, 0.29) is 31.7 Å². The first-order valence-corrected chi connectivity index (χ1v) is 8.25. The lowest BCUT2D eigenvalue weighted by molar-refractivity contribution is -0.188. The highest BCUT2D eigenvalue weighted by molar-refractivity contribution is 5.78. The van der Waals surface area contributed by atoms with Gasteiger partial charge in [0.2, 0.25) is 5.91 Å². The zero-order valence-corrected chi connectivity index (χ0v) is 14.3. The fraction of sp³-hybridized carbons (Fsp3) is 0.588. The smallest absolute Gasteiger partial charge is 0.224 e. The number of rotatable bonds is 6. The van der Waals surface area contributed by atoms with E-state index in [2.05, 4.69) is 15.3 Å². The van der Waals surface area contributed by atoms with Crippen molar-refractivity contribution in [2.24, 2.45) is 5.11 Å². The molecule has 2 fully saturated rings. The molecule has 2 aliphatic rings. The molecule has 134 valence electrons. The molecule has 0 bridgehead atoms. The molecule has 1 N–H and O–H groups in total. The number of nitrogens with one attached hydrogen (secondary N) is 1. The molecule has 3 atom stereocenters. The Hall–Kier alpha value is -2.12. The van der Waals surface area contributed by atoms with Crippen LogP contribution >= 0.6 is 0 Å². The van der Waals surface area contributed by atoms with Crippen molar-refractivity contribution < 1.29 is 19.0 Å². The Morgan fingerprint density at radius 2 is 2.16 bits per heavy atom. The number of benzene rings is 1. The van der Waals surface area contributed by atoms with Crippen LogP contribution in [0.2, 0.25) is 0 Å². The van der Waals surface area contributed by atoms with Gasteiger partial charge in [-0.15, -0.1) is 0 Å². The van der Waals surface area contributed by atoms with Crippen molar-refractivity contribution in [1.29, 1.82) is 0 Å². The third-order valence-corrected chi connectivity index (χ3v) is 4.37. The fourth-order valence-corrected chi connectivity index (χ4v) is 3.39. The van der Waals surface area contributed by atoms with Crippen LogP contribution in [-0.4, -0.2) is 49.2 Å².